The van der Waals surface area contributed by atoms with Crippen molar-refractivity contribution in [1.82, 2.24) is 0 Å². The van der Waals surface area contributed by atoms with E-state index in [9.17, 15) is 0 Å². The molecule has 0 saturated carbocycles. The van der Waals surface area contributed by atoms with E-state index in [1.54, 1.807) is 0 Å². The third-order valence-corrected chi connectivity index (χ3v) is 1.69. The summed E-state index contributed by atoms with van der Waals surface area (Å²) in [4.78, 5) is 0. The molecule has 1 aromatic rings. The van der Waals surface area contributed by atoms with Crippen molar-refractivity contribution in [3.63, 3.8) is 0 Å². The van der Waals surface area contributed by atoms with Crippen LogP contribution in [-0.2, 0) is 0 Å². The second kappa shape index (κ2) is 6.77. The maximum atomic E-state index is 2.12. The van der Waals surface area contributed by atoms with E-state index in [-0.39, 0.29) is 18.9 Å². The molecule has 0 heterocycles. The van der Waals surface area contributed by atoms with Crippen LogP contribution in [0, 0.1) is 0 Å². The van der Waals surface area contributed by atoms with Crippen LogP contribution < -0.4 is 0 Å². The van der Waals surface area contributed by atoms with Gasteiger partial charge in [-0.15, -0.1) is 0 Å². The fourth-order valence-electron chi connectivity index (χ4n) is 1.17. The molecule has 0 unspecified atom stereocenters. The average Bonchev–Trinajstić information content (AvgIpc) is 2.09. The third kappa shape index (κ3) is 3.68. The molecule has 0 nitrogen and oxygen atoms in total. The Kier molecular flexibility index (Phi) is 6.41. The molecule has 1 aromatic carbocycles. The van der Waals surface area contributed by atoms with Gasteiger partial charge in [0.15, 0.2) is 0 Å². The molecule has 0 bridgehead atoms. The molecule has 0 aliphatic carbocycles. The van der Waals surface area contributed by atoms with Crippen LogP contribution >= 0.6 is 0 Å². The van der Waals surface area contributed by atoms with Crippen molar-refractivity contribution in [2.24, 2.45) is 0 Å². The number of allylic oxidation sites excluding steroid dienone is 2. The molecule has 1 rings (SSSR count). The van der Waals surface area contributed by atoms with Gasteiger partial charge in [-0.1, -0.05) is 48.6 Å². The fraction of sp³-hybridized carbons (Fsp3) is 0.167. The molecule has 0 atom stereocenters. The van der Waals surface area contributed by atoms with Crippen molar-refractivity contribution in [2.75, 3.05) is 0 Å². The average molecular weight is 166 g/mol. The first-order valence-electron chi connectivity index (χ1n) is 4.23. The van der Waals surface area contributed by atoms with Crippen molar-refractivity contribution in [1.29, 1.82) is 0 Å². The van der Waals surface area contributed by atoms with Gasteiger partial charge in [-0.2, -0.15) is 0 Å². The Hall–Kier alpha value is -0.703. The summed E-state index contributed by atoms with van der Waals surface area (Å²) in [5.74, 6) is 0. The van der Waals surface area contributed by atoms with Crippen LogP contribution in [0.5, 0.6) is 0 Å². The first kappa shape index (κ1) is 12.3. The van der Waals surface area contributed by atoms with E-state index in [4.69, 9.17) is 0 Å². The van der Waals surface area contributed by atoms with E-state index in [0.29, 0.717) is 0 Å². The first-order chi connectivity index (χ1) is 5.88. The number of hydrogen-bond donors (Lipinski definition) is 0. The molecule has 13 heavy (non-hydrogen) atoms. The van der Waals surface area contributed by atoms with Crippen molar-refractivity contribution >= 4 is 31.0 Å². The molecule has 0 radical (unpaired) electrons. The summed E-state index contributed by atoms with van der Waals surface area (Å²) in [6.45, 7) is 4.07. The first-order valence-corrected chi connectivity index (χ1v) is 4.23. The summed E-state index contributed by atoms with van der Waals surface area (Å²) in [7, 11) is 0. The maximum absolute atomic E-state index is 2.12. The van der Waals surface area contributed by atoms with Crippen LogP contribution in [0.4, 0.5) is 0 Å². The van der Waals surface area contributed by atoms with E-state index in [0.717, 1.165) is 0 Å². The summed E-state index contributed by atoms with van der Waals surface area (Å²) in [5, 5.41) is 0. The number of rotatable bonds is 2. The van der Waals surface area contributed by atoms with E-state index >= 15 is 0 Å². The van der Waals surface area contributed by atoms with Gasteiger partial charge in [0.1, 0.15) is 0 Å². The molecular formula is C12H15Li. The summed E-state index contributed by atoms with van der Waals surface area (Å²) in [6, 6.07) is 8.36. The number of benzene rings is 1. The van der Waals surface area contributed by atoms with Crippen molar-refractivity contribution in [3.05, 3.63) is 47.5 Å². The molecule has 0 saturated heterocycles. The molecule has 1 heteroatoms. The quantitative estimate of drug-likeness (QED) is 0.592. The molecule has 0 N–H and O–H groups in total. The van der Waals surface area contributed by atoms with Crippen LogP contribution in [0.1, 0.15) is 25.0 Å². The Morgan fingerprint density at radius 1 is 0.846 bits per heavy atom. The second-order valence-electron chi connectivity index (χ2n) is 2.63. The van der Waals surface area contributed by atoms with Gasteiger partial charge in [0.05, 0.1) is 0 Å². The van der Waals surface area contributed by atoms with Gasteiger partial charge in [0, 0.05) is 0 Å². The van der Waals surface area contributed by atoms with Crippen LogP contribution in [0.2, 0.25) is 0 Å². The summed E-state index contributed by atoms with van der Waals surface area (Å²) in [5.41, 5.74) is 2.55. The van der Waals surface area contributed by atoms with Gasteiger partial charge in [0.25, 0.3) is 0 Å². The summed E-state index contributed by atoms with van der Waals surface area (Å²) < 4.78 is 0. The predicted molar refractivity (Wildman–Crippen MR) is 63.0 cm³/mol. The Balaban J connectivity index is 0.00000144. The molecular weight excluding hydrogens is 151 g/mol. The molecule has 0 amide bonds. The molecule has 0 aliphatic heterocycles. The monoisotopic (exact) mass is 166 g/mol. The van der Waals surface area contributed by atoms with Crippen LogP contribution in [0.3, 0.4) is 0 Å². The van der Waals surface area contributed by atoms with Crippen LogP contribution in [-0.4, -0.2) is 18.9 Å². The topological polar surface area (TPSA) is 0 Å². The second-order valence-corrected chi connectivity index (χ2v) is 2.63. The zero-order chi connectivity index (χ0) is 8.81. The Morgan fingerprint density at radius 3 is 1.54 bits per heavy atom. The van der Waals surface area contributed by atoms with Crippen molar-refractivity contribution < 1.29 is 0 Å². The van der Waals surface area contributed by atoms with Gasteiger partial charge in [-0.05, 0) is 25.0 Å². The molecule has 0 aliphatic rings. The predicted octanol–water partition coefficient (Wildman–Crippen LogP) is 3.10. The van der Waals surface area contributed by atoms with E-state index < -0.39 is 0 Å². The molecule has 64 valence electrons. The van der Waals surface area contributed by atoms with Gasteiger partial charge < -0.3 is 0 Å². The third-order valence-electron chi connectivity index (χ3n) is 1.69. The molecule has 0 spiro atoms. The van der Waals surface area contributed by atoms with E-state index in [1.807, 2.05) is 13.8 Å². The summed E-state index contributed by atoms with van der Waals surface area (Å²) >= 11 is 0. The summed E-state index contributed by atoms with van der Waals surface area (Å²) in [6.07, 6.45) is 8.36. The fourth-order valence-corrected chi connectivity index (χ4v) is 1.17. The van der Waals surface area contributed by atoms with Gasteiger partial charge >= 0.3 is 18.9 Å². The van der Waals surface area contributed by atoms with Crippen molar-refractivity contribution in [3.8, 4) is 0 Å². The van der Waals surface area contributed by atoms with Crippen LogP contribution in [0.15, 0.2) is 36.4 Å². The molecule has 0 aromatic heterocycles. The van der Waals surface area contributed by atoms with Gasteiger partial charge in [-0.25, -0.2) is 0 Å². The SMILES string of the molecule is CC=Cc1ccccc1C=CC.[LiH]. The minimum atomic E-state index is 0. The minimum absolute atomic E-state index is 0. The normalized spacial score (nSPS) is 10.6. The van der Waals surface area contributed by atoms with E-state index in [2.05, 4.69) is 48.6 Å². The Bertz CT molecular complexity index is 267. The number of hydrogen-bond acceptors (Lipinski definition) is 0. The van der Waals surface area contributed by atoms with E-state index in [1.165, 1.54) is 11.1 Å². The van der Waals surface area contributed by atoms with Crippen LogP contribution in [0.25, 0.3) is 12.2 Å². The van der Waals surface area contributed by atoms with Gasteiger partial charge in [0.2, 0.25) is 0 Å². The van der Waals surface area contributed by atoms with Gasteiger partial charge in [-0.3, -0.25) is 0 Å². The molecule has 0 fully saturated rings. The Labute approximate surface area is 92.5 Å². The zero-order valence-corrected chi connectivity index (χ0v) is 7.62. The Morgan fingerprint density at radius 2 is 1.23 bits per heavy atom. The zero-order valence-electron chi connectivity index (χ0n) is 7.62. The van der Waals surface area contributed by atoms with Crippen molar-refractivity contribution in [2.45, 2.75) is 13.8 Å². The standard InChI is InChI=1S/C12H14.Li.H/c1-3-7-11-9-5-6-10-12(11)8-4-2;;/h3-10H,1-2H3;;.